The first-order valence-electron chi connectivity index (χ1n) is 5.88. The molecule has 1 heterocycles. The third-order valence-electron chi connectivity index (χ3n) is 2.87. The van der Waals surface area contributed by atoms with E-state index in [-0.39, 0.29) is 11.5 Å². The van der Waals surface area contributed by atoms with Gasteiger partial charge in [-0.25, -0.2) is 8.42 Å². The van der Waals surface area contributed by atoms with Crippen LogP contribution in [0.3, 0.4) is 0 Å². The molecule has 0 amide bonds. The van der Waals surface area contributed by atoms with Crippen LogP contribution in [0.4, 0.5) is 5.69 Å². The zero-order chi connectivity index (χ0) is 13.0. The molecule has 0 unspecified atom stereocenters. The SMILES string of the molecule is O=S1(=O)CCCN(C(=S)Nc2ccccc2)CC1. The lowest BCUT2D eigenvalue weighted by Crippen LogP contribution is -2.36. The van der Waals surface area contributed by atoms with Crippen LogP contribution in [0.15, 0.2) is 30.3 Å². The highest BCUT2D eigenvalue weighted by Crippen LogP contribution is 2.10. The number of nitrogens with zero attached hydrogens (tertiary/aromatic N) is 1. The average molecular weight is 284 g/mol. The van der Waals surface area contributed by atoms with Gasteiger partial charge in [0, 0.05) is 18.8 Å². The third kappa shape index (κ3) is 3.68. The van der Waals surface area contributed by atoms with Gasteiger partial charge < -0.3 is 10.2 Å². The Morgan fingerprint density at radius 1 is 1.17 bits per heavy atom. The summed E-state index contributed by atoms with van der Waals surface area (Å²) in [6, 6.07) is 9.66. The van der Waals surface area contributed by atoms with Crippen LogP contribution in [0, 0.1) is 0 Å². The van der Waals surface area contributed by atoms with Crippen LogP contribution in [0.5, 0.6) is 0 Å². The number of hydrogen-bond acceptors (Lipinski definition) is 3. The van der Waals surface area contributed by atoms with E-state index in [9.17, 15) is 8.42 Å². The number of anilines is 1. The standard InChI is InChI=1S/C12H16N2O2S2/c15-18(16)9-4-7-14(8-10-18)12(17)13-11-5-2-1-3-6-11/h1-3,5-6H,4,7-10H2,(H,13,17). The van der Waals surface area contributed by atoms with E-state index in [2.05, 4.69) is 5.32 Å². The van der Waals surface area contributed by atoms with Gasteiger partial charge in [0.2, 0.25) is 0 Å². The predicted molar refractivity (Wildman–Crippen MR) is 77.5 cm³/mol. The second kappa shape index (κ2) is 5.67. The molecular weight excluding hydrogens is 268 g/mol. The van der Waals surface area contributed by atoms with Crippen molar-refractivity contribution >= 4 is 32.9 Å². The van der Waals surface area contributed by atoms with E-state index in [0.717, 1.165) is 5.69 Å². The van der Waals surface area contributed by atoms with Crippen molar-refractivity contribution in [3.8, 4) is 0 Å². The molecule has 1 aliphatic heterocycles. The van der Waals surface area contributed by atoms with Gasteiger partial charge in [0.05, 0.1) is 11.5 Å². The molecule has 0 aromatic heterocycles. The minimum Gasteiger partial charge on any atom is -0.348 e. The van der Waals surface area contributed by atoms with Crippen LogP contribution in [0.25, 0.3) is 0 Å². The molecule has 6 heteroatoms. The number of sulfone groups is 1. The molecule has 0 aliphatic carbocycles. The number of hydrogen-bond donors (Lipinski definition) is 1. The molecule has 1 aromatic carbocycles. The van der Waals surface area contributed by atoms with Crippen molar-refractivity contribution in [2.75, 3.05) is 29.9 Å². The van der Waals surface area contributed by atoms with Crippen LogP contribution in [-0.4, -0.2) is 43.0 Å². The summed E-state index contributed by atoms with van der Waals surface area (Å²) in [5.41, 5.74) is 0.926. The quantitative estimate of drug-likeness (QED) is 0.792. The summed E-state index contributed by atoms with van der Waals surface area (Å²) < 4.78 is 23.0. The van der Waals surface area contributed by atoms with E-state index in [0.29, 0.717) is 24.6 Å². The summed E-state index contributed by atoms with van der Waals surface area (Å²) in [7, 11) is -2.89. The summed E-state index contributed by atoms with van der Waals surface area (Å²) in [6.07, 6.45) is 0.638. The van der Waals surface area contributed by atoms with Crippen LogP contribution in [0.1, 0.15) is 6.42 Å². The first-order chi connectivity index (χ1) is 8.57. The van der Waals surface area contributed by atoms with Gasteiger partial charge in [0.25, 0.3) is 0 Å². The Labute approximate surface area is 113 Å². The maximum Gasteiger partial charge on any atom is 0.173 e. The molecule has 1 aliphatic rings. The Hall–Kier alpha value is -1.14. The molecule has 0 atom stereocenters. The van der Waals surface area contributed by atoms with Crippen molar-refractivity contribution in [2.24, 2.45) is 0 Å². The van der Waals surface area contributed by atoms with Crippen molar-refractivity contribution in [3.05, 3.63) is 30.3 Å². The summed E-state index contributed by atoms with van der Waals surface area (Å²) in [6.45, 7) is 1.17. The first-order valence-corrected chi connectivity index (χ1v) is 8.11. The van der Waals surface area contributed by atoms with E-state index < -0.39 is 9.84 Å². The number of thiocarbonyl (C=S) groups is 1. The highest BCUT2D eigenvalue weighted by atomic mass is 32.2. The normalized spacial score (nSPS) is 19.0. The molecule has 1 aromatic rings. The fraction of sp³-hybridized carbons (Fsp3) is 0.417. The topological polar surface area (TPSA) is 49.4 Å². The van der Waals surface area contributed by atoms with E-state index in [1.54, 1.807) is 0 Å². The molecular formula is C12H16N2O2S2. The van der Waals surface area contributed by atoms with Crippen molar-refractivity contribution in [2.45, 2.75) is 6.42 Å². The van der Waals surface area contributed by atoms with Crippen molar-refractivity contribution in [1.82, 2.24) is 4.90 Å². The number of benzene rings is 1. The van der Waals surface area contributed by atoms with E-state index in [1.165, 1.54) is 0 Å². The molecule has 2 rings (SSSR count). The molecule has 0 saturated carbocycles. The minimum absolute atomic E-state index is 0.184. The lowest BCUT2D eigenvalue weighted by molar-refractivity contribution is 0.457. The van der Waals surface area contributed by atoms with Crippen molar-refractivity contribution in [1.29, 1.82) is 0 Å². The van der Waals surface area contributed by atoms with Gasteiger partial charge in [0.1, 0.15) is 0 Å². The summed E-state index contributed by atoms with van der Waals surface area (Å²) in [5.74, 6) is 0.445. The van der Waals surface area contributed by atoms with E-state index in [1.807, 2.05) is 35.2 Å². The summed E-state index contributed by atoms with van der Waals surface area (Å²) >= 11 is 5.31. The Morgan fingerprint density at radius 3 is 2.61 bits per heavy atom. The van der Waals surface area contributed by atoms with Crippen LogP contribution in [-0.2, 0) is 9.84 Å². The maximum atomic E-state index is 11.5. The summed E-state index contributed by atoms with van der Waals surface area (Å²) in [4.78, 5) is 1.92. The fourth-order valence-electron chi connectivity index (χ4n) is 1.87. The van der Waals surface area contributed by atoms with Crippen molar-refractivity contribution in [3.63, 3.8) is 0 Å². The zero-order valence-corrected chi connectivity index (χ0v) is 11.6. The molecule has 98 valence electrons. The Kier molecular flexibility index (Phi) is 4.19. The highest BCUT2D eigenvalue weighted by Gasteiger charge is 2.20. The number of rotatable bonds is 1. The van der Waals surface area contributed by atoms with Gasteiger partial charge in [-0.1, -0.05) is 18.2 Å². The second-order valence-corrected chi connectivity index (χ2v) is 6.98. The smallest absolute Gasteiger partial charge is 0.173 e. The Balaban J connectivity index is 1.97. The molecule has 1 fully saturated rings. The highest BCUT2D eigenvalue weighted by molar-refractivity contribution is 7.91. The largest absolute Gasteiger partial charge is 0.348 e. The van der Waals surface area contributed by atoms with Crippen LogP contribution < -0.4 is 5.32 Å². The van der Waals surface area contributed by atoms with Crippen LogP contribution >= 0.6 is 12.2 Å². The van der Waals surface area contributed by atoms with Gasteiger partial charge in [-0.05, 0) is 30.8 Å². The van der Waals surface area contributed by atoms with Gasteiger partial charge >= 0.3 is 0 Å². The number of nitrogens with one attached hydrogen (secondary N) is 1. The first kappa shape index (κ1) is 13.3. The monoisotopic (exact) mass is 284 g/mol. The lowest BCUT2D eigenvalue weighted by atomic mass is 10.3. The number of para-hydroxylation sites is 1. The molecule has 1 saturated heterocycles. The molecule has 0 spiro atoms. The van der Waals surface area contributed by atoms with E-state index >= 15 is 0 Å². The third-order valence-corrected chi connectivity index (χ3v) is 4.94. The fourth-order valence-corrected chi connectivity index (χ4v) is 3.44. The second-order valence-electron chi connectivity index (χ2n) is 4.29. The molecule has 18 heavy (non-hydrogen) atoms. The van der Waals surface area contributed by atoms with Crippen LogP contribution in [0.2, 0.25) is 0 Å². The van der Waals surface area contributed by atoms with Gasteiger partial charge in [-0.3, -0.25) is 0 Å². The Bertz CT molecular complexity index is 514. The molecule has 4 nitrogen and oxygen atoms in total. The maximum absolute atomic E-state index is 11.5. The average Bonchev–Trinajstić information content (AvgIpc) is 2.51. The van der Waals surface area contributed by atoms with Gasteiger partial charge in [-0.2, -0.15) is 0 Å². The molecule has 0 radical (unpaired) electrons. The molecule has 1 N–H and O–H groups in total. The predicted octanol–water partition coefficient (Wildman–Crippen LogP) is 1.50. The molecule has 0 bridgehead atoms. The zero-order valence-electron chi connectivity index (χ0n) is 10.0. The minimum atomic E-state index is -2.89. The van der Waals surface area contributed by atoms with E-state index in [4.69, 9.17) is 12.2 Å². The van der Waals surface area contributed by atoms with Gasteiger partial charge in [-0.15, -0.1) is 0 Å². The lowest BCUT2D eigenvalue weighted by Gasteiger charge is -2.23. The summed E-state index contributed by atoms with van der Waals surface area (Å²) in [5, 5.41) is 3.72. The van der Waals surface area contributed by atoms with Gasteiger partial charge in [0.15, 0.2) is 14.9 Å². The van der Waals surface area contributed by atoms with Crippen molar-refractivity contribution < 1.29 is 8.42 Å². The Morgan fingerprint density at radius 2 is 1.89 bits per heavy atom.